The molecule has 0 fully saturated rings. The topological polar surface area (TPSA) is 104 Å². The predicted octanol–water partition coefficient (Wildman–Crippen LogP) is 1.06. The van der Waals surface area contributed by atoms with Gasteiger partial charge in [-0.15, -0.1) is 0 Å². The first-order valence-corrected chi connectivity index (χ1v) is 6.46. The fourth-order valence-electron chi connectivity index (χ4n) is 1.80. The molecule has 6 nitrogen and oxygen atoms in total. The maximum Gasteiger partial charge on any atom is 0.252 e. The molecule has 6 heteroatoms. The average molecular weight is 274 g/mol. The molecule has 1 atom stereocenters. The number of aliphatic hydroxyl groups excluding tert-OH is 1. The summed E-state index contributed by atoms with van der Waals surface area (Å²) in [5, 5.41) is 13.0. The van der Waals surface area contributed by atoms with Crippen LogP contribution in [0.3, 0.4) is 0 Å². The summed E-state index contributed by atoms with van der Waals surface area (Å²) >= 11 is 0. The molecular formula is C14H18N4O2. The molecule has 0 radical (unpaired) electrons. The lowest BCUT2D eigenvalue weighted by atomic mass is 10.1. The molecule has 0 aliphatic rings. The van der Waals surface area contributed by atoms with E-state index in [2.05, 4.69) is 15.3 Å². The molecule has 0 aliphatic carbocycles. The van der Waals surface area contributed by atoms with Gasteiger partial charge in [-0.2, -0.15) is 0 Å². The summed E-state index contributed by atoms with van der Waals surface area (Å²) in [5.41, 5.74) is 6.80. The Labute approximate surface area is 116 Å². The summed E-state index contributed by atoms with van der Waals surface area (Å²) in [6.45, 7) is 2.18. The second-order valence-electron chi connectivity index (χ2n) is 4.49. The van der Waals surface area contributed by atoms with Crippen LogP contribution < -0.4 is 16.6 Å². The van der Waals surface area contributed by atoms with Crippen LogP contribution in [-0.2, 0) is 6.42 Å². The van der Waals surface area contributed by atoms with Crippen LogP contribution in [0, 0.1) is 0 Å². The number of aliphatic hydroxyl groups is 1. The Kier molecular flexibility index (Phi) is 4.37. The van der Waals surface area contributed by atoms with Crippen LogP contribution in [0.4, 0.5) is 11.5 Å². The van der Waals surface area contributed by atoms with Crippen LogP contribution in [0.25, 0.3) is 0 Å². The molecule has 0 spiro atoms. The Balaban J connectivity index is 2.03. The van der Waals surface area contributed by atoms with Gasteiger partial charge in [0.2, 0.25) is 0 Å². The Hall–Kier alpha value is -2.34. The minimum absolute atomic E-state index is 0.207. The van der Waals surface area contributed by atoms with Gasteiger partial charge in [0, 0.05) is 24.7 Å². The van der Waals surface area contributed by atoms with E-state index < -0.39 is 6.10 Å². The van der Waals surface area contributed by atoms with Crippen molar-refractivity contribution in [1.82, 2.24) is 9.97 Å². The summed E-state index contributed by atoms with van der Waals surface area (Å²) in [6.07, 6.45) is -0.0487. The van der Waals surface area contributed by atoms with Gasteiger partial charge in [0.25, 0.3) is 5.56 Å². The number of hydrogen-bond acceptors (Lipinski definition) is 5. The quantitative estimate of drug-likeness (QED) is 0.610. The molecule has 0 bridgehead atoms. The molecule has 0 aliphatic heterocycles. The van der Waals surface area contributed by atoms with Crippen molar-refractivity contribution < 1.29 is 5.11 Å². The van der Waals surface area contributed by atoms with Crippen molar-refractivity contribution in [3.05, 3.63) is 52.1 Å². The third-order valence-electron chi connectivity index (χ3n) is 2.92. The van der Waals surface area contributed by atoms with E-state index in [-0.39, 0.29) is 12.1 Å². The minimum atomic E-state index is -0.693. The lowest BCUT2D eigenvalue weighted by Gasteiger charge is -2.13. The van der Waals surface area contributed by atoms with E-state index in [0.717, 1.165) is 5.56 Å². The molecule has 1 aromatic carbocycles. The highest BCUT2D eigenvalue weighted by atomic mass is 16.3. The van der Waals surface area contributed by atoms with Gasteiger partial charge in [0.05, 0.1) is 6.10 Å². The van der Waals surface area contributed by atoms with Crippen LogP contribution in [0.2, 0.25) is 0 Å². The normalized spacial score (nSPS) is 12.1. The highest BCUT2D eigenvalue weighted by Crippen LogP contribution is 2.15. The first-order chi connectivity index (χ1) is 9.58. The summed E-state index contributed by atoms with van der Waals surface area (Å²) in [5.74, 6) is 1.07. The van der Waals surface area contributed by atoms with E-state index in [0.29, 0.717) is 23.8 Å². The maximum atomic E-state index is 11.4. The predicted molar refractivity (Wildman–Crippen MR) is 78.5 cm³/mol. The lowest BCUT2D eigenvalue weighted by Crippen LogP contribution is -2.17. The number of nitrogens with zero attached hydrogens (tertiary/aromatic N) is 1. The van der Waals surface area contributed by atoms with Crippen LogP contribution in [-0.4, -0.2) is 21.6 Å². The molecular weight excluding hydrogens is 256 g/mol. The van der Waals surface area contributed by atoms with E-state index in [4.69, 9.17) is 5.73 Å². The van der Waals surface area contributed by atoms with Gasteiger partial charge in [-0.05, 0) is 17.7 Å². The number of hydrogen-bond donors (Lipinski definition) is 4. The zero-order valence-electron chi connectivity index (χ0n) is 11.3. The smallest absolute Gasteiger partial charge is 0.252 e. The molecule has 2 rings (SSSR count). The first kappa shape index (κ1) is 14.1. The fourth-order valence-corrected chi connectivity index (χ4v) is 1.80. The monoisotopic (exact) mass is 274 g/mol. The summed E-state index contributed by atoms with van der Waals surface area (Å²) in [6, 6.07) is 8.38. The summed E-state index contributed by atoms with van der Waals surface area (Å²) in [7, 11) is 0. The SMILES string of the molecule is CCc1nc(NCC(O)c2ccc(N)cc2)cc(=O)[nH]1. The average Bonchev–Trinajstić information content (AvgIpc) is 2.45. The van der Waals surface area contributed by atoms with E-state index in [1.54, 1.807) is 24.3 Å². The standard InChI is InChI=1S/C14H18N4O2/c1-2-12-17-13(7-14(20)18-12)16-8-11(19)9-3-5-10(15)6-4-9/h3-7,11,19H,2,8,15H2,1H3,(H2,16,17,18,20). The van der Waals surface area contributed by atoms with Crippen molar-refractivity contribution in [1.29, 1.82) is 0 Å². The number of aryl methyl sites for hydroxylation is 1. The highest BCUT2D eigenvalue weighted by Gasteiger charge is 2.08. The number of nitrogen functional groups attached to an aromatic ring is 1. The first-order valence-electron chi connectivity index (χ1n) is 6.46. The molecule has 20 heavy (non-hydrogen) atoms. The third kappa shape index (κ3) is 3.58. The van der Waals surface area contributed by atoms with Gasteiger partial charge in [-0.3, -0.25) is 4.79 Å². The van der Waals surface area contributed by atoms with Crippen molar-refractivity contribution in [2.24, 2.45) is 0 Å². The number of aromatic nitrogens is 2. The van der Waals surface area contributed by atoms with E-state index in [1.165, 1.54) is 6.07 Å². The van der Waals surface area contributed by atoms with Crippen molar-refractivity contribution >= 4 is 11.5 Å². The van der Waals surface area contributed by atoms with Gasteiger partial charge < -0.3 is 21.1 Å². The molecule has 2 aromatic rings. The maximum absolute atomic E-state index is 11.4. The summed E-state index contributed by atoms with van der Waals surface area (Å²) in [4.78, 5) is 18.3. The number of nitrogens with one attached hydrogen (secondary N) is 2. The van der Waals surface area contributed by atoms with E-state index in [9.17, 15) is 9.90 Å². The Morgan fingerprint density at radius 1 is 1.40 bits per heavy atom. The third-order valence-corrected chi connectivity index (χ3v) is 2.92. The molecule has 5 N–H and O–H groups in total. The van der Waals surface area contributed by atoms with Crippen molar-refractivity contribution in [3.63, 3.8) is 0 Å². The number of benzene rings is 1. The van der Waals surface area contributed by atoms with Gasteiger partial charge in [0.1, 0.15) is 11.6 Å². The van der Waals surface area contributed by atoms with Crippen molar-refractivity contribution in [2.45, 2.75) is 19.4 Å². The van der Waals surface area contributed by atoms with Gasteiger partial charge >= 0.3 is 0 Å². The zero-order valence-corrected chi connectivity index (χ0v) is 11.3. The molecule has 1 unspecified atom stereocenters. The Morgan fingerprint density at radius 2 is 2.10 bits per heavy atom. The van der Waals surface area contributed by atoms with E-state index in [1.807, 2.05) is 6.92 Å². The Morgan fingerprint density at radius 3 is 2.75 bits per heavy atom. The van der Waals surface area contributed by atoms with Crippen LogP contribution >= 0.6 is 0 Å². The molecule has 1 aromatic heterocycles. The number of rotatable bonds is 5. The number of H-pyrrole nitrogens is 1. The van der Waals surface area contributed by atoms with Crippen LogP contribution in [0.15, 0.2) is 35.1 Å². The molecule has 1 heterocycles. The largest absolute Gasteiger partial charge is 0.399 e. The number of anilines is 2. The second-order valence-corrected chi connectivity index (χ2v) is 4.49. The second kappa shape index (κ2) is 6.21. The van der Waals surface area contributed by atoms with Crippen molar-refractivity contribution in [2.75, 3.05) is 17.6 Å². The highest BCUT2D eigenvalue weighted by molar-refractivity contribution is 5.40. The molecule has 0 amide bonds. The van der Waals surface area contributed by atoms with E-state index >= 15 is 0 Å². The molecule has 106 valence electrons. The van der Waals surface area contributed by atoms with Crippen molar-refractivity contribution in [3.8, 4) is 0 Å². The molecule has 0 saturated heterocycles. The van der Waals surface area contributed by atoms with Crippen LogP contribution in [0.5, 0.6) is 0 Å². The van der Waals surface area contributed by atoms with Gasteiger partial charge in [-0.25, -0.2) is 4.98 Å². The minimum Gasteiger partial charge on any atom is -0.399 e. The Bertz CT molecular complexity index is 622. The number of aromatic amines is 1. The van der Waals surface area contributed by atoms with Gasteiger partial charge in [-0.1, -0.05) is 19.1 Å². The van der Waals surface area contributed by atoms with Crippen LogP contribution in [0.1, 0.15) is 24.4 Å². The zero-order chi connectivity index (χ0) is 14.5. The lowest BCUT2D eigenvalue weighted by molar-refractivity contribution is 0.191. The van der Waals surface area contributed by atoms with Gasteiger partial charge in [0.15, 0.2) is 0 Å². The molecule has 0 saturated carbocycles. The fraction of sp³-hybridized carbons (Fsp3) is 0.286. The number of nitrogens with two attached hydrogens (primary N) is 1. The summed E-state index contributed by atoms with van der Waals surface area (Å²) < 4.78 is 0.